The Balaban J connectivity index is 0.000000118. The minimum atomic E-state index is -2.94. The van der Waals surface area contributed by atoms with Gasteiger partial charge in [-0.3, -0.25) is 24.9 Å². The molecule has 9 aromatic rings. The molecule has 398 valence electrons. The third kappa shape index (κ3) is 9.13. The molecule has 6 aromatic heterocycles. The maximum Gasteiger partial charge on any atom is 0.335 e. The van der Waals surface area contributed by atoms with Crippen LogP contribution in [-0.4, -0.2) is 112 Å². The van der Waals surface area contributed by atoms with Crippen LogP contribution in [0.2, 0.25) is 0 Å². The third-order valence-electron chi connectivity index (χ3n) is 16.4. The average molecular weight is 1070 g/mol. The van der Waals surface area contributed by atoms with Crippen LogP contribution in [0.15, 0.2) is 73.2 Å². The Hall–Kier alpha value is -7.38. The van der Waals surface area contributed by atoms with Crippen molar-refractivity contribution >= 4 is 72.1 Å². The predicted octanol–water partition coefficient (Wildman–Crippen LogP) is 9.81. The molecule has 3 aromatic carbocycles. The van der Waals surface area contributed by atoms with E-state index in [9.17, 15) is 27.9 Å². The van der Waals surface area contributed by atoms with E-state index in [4.69, 9.17) is 0 Å². The number of carbonyl (C=O) groups is 3. The monoisotopic (exact) mass is 1070 g/mol. The van der Waals surface area contributed by atoms with Crippen molar-refractivity contribution in [2.45, 2.75) is 115 Å². The summed E-state index contributed by atoms with van der Waals surface area (Å²) in [7, 11) is -2.94. The van der Waals surface area contributed by atoms with E-state index in [0.717, 1.165) is 122 Å². The number of aromatic amines is 6. The summed E-state index contributed by atoms with van der Waals surface area (Å²) in [5, 5.41) is 40.5. The molecule has 8 heterocycles. The van der Waals surface area contributed by atoms with E-state index in [1.807, 2.05) is 66.8 Å². The van der Waals surface area contributed by atoms with Gasteiger partial charge in [0.1, 0.15) is 9.84 Å². The summed E-state index contributed by atoms with van der Waals surface area (Å²) in [6.45, 7) is 13.3. The number of carbonyl (C=O) groups excluding carboxylic acids is 2. The van der Waals surface area contributed by atoms with Crippen LogP contribution in [0.3, 0.4) is 0 Å². The first-order valence-electron chi connectivity index (χ1n) is 26.4. The smallest absolute Gasteiger partial charge is 0.335 e. The number of thioether (sulfide) groups is 1. The van der Waals surface area contributed by atoms with Gasteiger partial charge in [0, 0.05) is 72.6 Å². The number of sulfone groups is 1. The lowest BCUT2D eigenvalue weighted by molar-refractivity contribution is 0.0696. The first-order chi connectivity index (χ1) is 36.7. The molecule has 0 atom stereocenters. The molecule has 2 saturated heterocycles. The van der Waals surface area contributed by atoms with Crippen molar-refractivity contribution in [3.8, 4) is 34.2 Å². The second-order valence-corrected chi connectivity index (χ2v) is 27.0. The van der Waals surface area contributed by atoms with E-state index in [1.165, 1.54) is 27.8 Å². The zero-order valence-electron chi connectivity index (χ0n) is 44.0. The molecule has 9 N–H and O–H groups in total. The second-order valence-electron chi connectivity index (χ2n) is 23.5. The molecular formula is C58H63N11O6S2. The van der Waals surface area contributed by atoms with Gasteiger partial charge >= 0.3 is 5.97 Å². The highest BCUT2D eigenvalue weighted by molar-refractivity contribution is 7.99. The number of H-pyrrole nitrogens is 6. The van der Waals surface area contributed by atoms with Gasteiger partial charge in [0.05, 0.1) is 69.8 Å². The average Bonchev–Trinajstić information content (AvgIpc) is 4.47. The normalized spacial score (nSPS) is 18.5. The number of fused-ring (bicyclic) bond motifs is 15. The molecule has 0 unspecified atom stereocenters. The van der Waals surface area contributed by atoms with Gasteiger partial charge in [0.25, 0.3) is 11.8 Å². The van der Waals surface area contributed by atoms with E-state index in [0.29, 0.717) is 30.0 Å². The van der Waals surface area contributed by atoms with Gasteiger partial charge in [0.2, 0.25) is 0 Å². The second kappa shape index (κ2) is 18.7. The SMILES string of the molecule is CC1(C)Cc2cn[nH]c2-c2[nH]c3ccc(C(=O)NC4CCS(=O)(=O)CC4)cc3c21.CC1(C)Cc2cn[nH]c2-c2[nH]c3ccc(C(=O)NC4CCSCC4)cc3c21.CC1(C)Cc2cn[nH]c2-c2[nH]c3ccc(C(=O)O)cc3c21. The molecule has 77 heavy (non-hydrogen) atoms. The molecule has 0 saturated carbocycles. The summed E-state index contributed by atoms with van der Waals surface area (Å²) in [5.41, 5.74) is 18.1. The van der Waals surface area contributed by atoms with Crippen molar-refractivity contribution in [3.63, 3.8) is 0 Å². The number of benzene rings is 3. The minimum Gasteiger partial charge on any atom is -0.478 e. The number of aromatic nitrogens is 9. The minimum absolute atomic E-state index is 0.0137. The summed E-state index contributed by atoms with van der Waals surface area (Å²) in [6.07, 6.45) is 11.5. The Kier molecular flexibility index (Phi) is 12.2. The van der Waals surface area contributed by atoms with E-state index in [-0.39, 0.29) is 45.6 Å². The number of carboxylic acid groups (broad SMARTS) is 1. The molecule has 0 radical (unpaired) electrons. The first kappa shape index (κ1) is 50.4. The summed E-state index contributed by atoms with van der Waals surface area (Å²) >= 11 is 1.97. The van der Waals surface area contributed by atoms with Gasteiger partial charge in [-0.1, -0.05) is 41.5 Å². The standard InChI is InChI=1S/C21H24N4O3S.C21H24N4OS.C16H15N3O2/c1-21(2)10-13-11-22-25-18(13)19-17(21)15-9-12(3-4-16(15)24-19)20(26)23-14-5-7-29(27,28)8-6-14;1-21(2)10-13-11-22-25-18(13)19-17(21)15-9-12(3-4-16(15)24-19)20(26)23-14-5-7-27-8-6-14;1-16(2)6-9-7-17-19-13(9)14-12(16)10-5-8(15(20)21)3-4-11(10)18-14/h3-4,9,11,14,24H,5-8,10H2,1-2H3,(H,22,25)(H,23,26);3-4,9,11,14,24H,5-8,10H2,1-2H3,(H,22,25)(H,23,26);3-5,7,18H,6H2,1-2H3,(H,17,19)(H,20,21). The fourth-order valence-corrected chi connectivity index (χ4v) is 15.4. The summed E-state index contributed by atoms with van der Waals surface area (Å²) in [6, 6.07) is 17.2. The first-order valence-corrected chi connectivity index (χ1v) is 29.4. The molecule has 17 nitrogen and oxygen atoms in total. The lowest BCUT2D eigenvalue weighted by Gasteiger charge is -2.30. The predicted molar refractivity (Wildman–Crippen MR) is 302 cm³/mol. The number of nitrogens with one attached hydrogen (secondary N) is 8. The van der Waals surface area contributed by atoms with Crippen LogP contribution < -0.4 is 10.6 Å². The Labute approximate surface area is 449 Å². The largest absolute Gasteiger partial charge is 0.478 e. The van der Waals surface area contributed by atoms with Crippen molar-refractivity contribution in [1.29, 1.82) is 0 Å². The molecule has 14 rings (SSSR count). The molecule has 2 amide bonds. The molecular weight excluding hydrogens is 1010 g/mol. The number of rotatable bonds is 5. The maximum absolute atomic E-state index is 12.8. The molecule has 2 aliphatic heterocycles. The molecule has 3 aliphatic carbocycles. The van der Waals surface area contributed by atoms with Crippen molar-refractivity contribution in [2.75, 3.05) is 23.0 Å². The quantitative estimate of drug-likeness (QED) is 0.0788. The van der Waals surface area contributed by atoms with E-state index < -0.39 is 15.8 Å². The van der Waals surface area contributed by atoms with Crippen LogP contribution >= 0.6 is 11.8 Å². The van der Waals surface area contributed by atoms with Gasteiger partial charge in [-0.15, -0.1) is 0 Å². The molecule has 19 heteroatoms. The highest BCUT2D eigenvalue weighted by atomic mass is 32.2. The number of amides is 2. The van der Waals surface area contributed by atoms with Crippen LogP contribution in [0.1, 0.15) is 132 Å². The zero-order valence-corrected chi connectivity index (χ0v) is 45.6. The lowest BCUT2D eigenvalue weighted by atomic mass is 9.73. The topological polar surface area (TPSA) is 263 Å². The van der Waals surface area contributed by atoms with Gasteiger partial charge in [0.15, 0.2) is 0 Å². The molecule has 5 aliphatic rings. The van der Waals surface area contributed by atoms with Gasteiger partial charge in [-0.05, 0) is 144 Å². The fraction of sp³-hybridized carbons (Fsp3) is 0.379. The summed E-state index contributed by atoms with van der Waals surface area (Å²) in [5.74, 6) is 1.54. The van der Waals surface area contributed by atoms with E-state index in [2.05, 4.69) is 104 Å². The Bertz CT molecular complexity index is 3940. The van der Waals surface area contributed by atoms with E-state index >= 15 is 0 Å². The van der Waals surface area contributed by atoms with Crippen LogP contribution in [0.25, 0.3) is 66.9 Å². The number of hydrogen-bond donors (Lipinski definition) is 9. The zero-order chi connectivity index (χ0) is 53.8. The summed E-state index contributed by atoms with van der Waals surface area (Å²) in [4.78, 5) is 47.4. The van der Waals surface area contributed by atoms with Crippen molar-refractivity contribution in [2.24, 2.45) is 0 Å². The Morgan fingerprint density at radius 2 is 0.883 bits per heavy atom. The van der Waals surface area contributed by atoms with Gasteiger partial charge in [-0.25, -0.2) is 13.2 Å². The third-order valence-corrected chi connectivity index (χ3v) is 19.2. The Morgan fingerprint density at radius 1 is 0.532 bits per heavy atom. The molecule has 2 fully saturated rings. The summed E-state index contributed by atoms with van der Waals surface area (Å²) < 4.78 is 23.2. The molecule has 0 bridgehead atoms. The van der Waals surface area contributed by atoms with Crippen LogP contribution in [0, 0.1) is 0 Å². The van der Waals surface area contributed by atoms with Gasteiger partial charge in [-0.2, -0.15) is 27.1 Å². The van der Waals surface area contributed by atoms with E-state index in [1.54, 1.807) is 12.1 Å². The lowest BCUT2D eigenvalue weighted by Crippen LogP contribution is -2.40. The van der Waals surface area contributed by atoms with Crippen LogP contribution in [0.5, 0.6) is 0 Å². The highest BCUT2D eigenvalue weighted by Crippen LogP contribution is 2.48. The maximum atomic E-state index is 12.8. The van der Waals surface area contributed by atoms with Gasteiger partial charge < -0.3 is 30.7 Å². The number of carboxylic acids is 1. The van der Waals surface area contributed by atoms with Crippen molar-refractivity contribution < 1.29 is 27.9 Å². The fourth-order valence-electron chi connectivity index (χ4n) is 12.8. The van der Waals surface area contributed by atoms with Crippen LogP contribution in [0.4, 0.5) is 0 Å². The number of aromatic carboxylic acids is 1. The van der Waals surface area contributed by atoms with Crippen molar-refractivity contribution in [1.82, 2.24) is 56.2 Å². The van der Waals surface area contributed by atoms with Crippen molar-refractivity contribution in [3.05, 3.63) is 123 Å². The van der Waals surface area contributed by atoms with Crippen LogP contribution in [-0.2, 0) is 45.3 Å². The number of hydrogen-bond acceptors (Lipinski definition) is 9. The molecule has 0 spiro atoms. The number of nitrogens with zero attached hydrogens (tertiary/aromatic N) is 3. The highest BCUT2D eigenvalue weighted by Gasteiger charge is 2.39. The Morgan fingerprint density at radius 3 is 1.26 bits per heavy atom.